The predicted octanol–water partition coefficient (Wildman–Crippen LogP) is 3.70. The number of fused-ring (bicyclic) bond motifs is 1. The van der Waals surface area contributed by atoms with E-state index in [2.05, 4.69) is 26.0 Å². The summed E-state index contributed by atoms with van der Waals surface area (Å²) in [4.78, 5) is 0. The summed E-state index contributed by atoms with van der Waals surface area (Å²) in [6.07, 6.45) is 10.4. The van der Waals surface area contributed by atoms with Crippen LogP contribution in [0.3, 0.4) is 0 Å². The molecule has 0 heterocycles. The monoisotopic (exact) mass is 162 g/mol. The molecule has 0 amide bonds. The third-order valence-electron chi connectivity index (χ3n) is 3.34. The Hall–Kier alpha value is -0.520. The summed E-state index contributed by atoms with van der Waals surface area (Å²) in [5, 5.41) is 0. The van der Waals surface area contributed by atoms with Gasteiger partial charge < -0.3 is 0 Å². The van der Waals surface area contributed by atoms with Crippen LogP contribution < -0.4 is 0 Å². The molecule has 2 atom stereocenters. The molecular weight excluding hydrogens is 144 g/mol. The van der Waals surface area contributed by atoms with Gasteiger partial charge in [0.25, 0.3) is 0 Å². The zero-order chi connectivity index (χ0) is 8.55. The molecule has 2 aliphatic rings. The Morgan fingerprint density at radius 3 is 2.92 bits per heavy atom. The van der Waals surface area contributed by atoms with Crippen molar-refractivity contribution in [3.63, 3.8) is 0 Å². The van der Waals surface area contributed by atoms with Gasteiger partial charge in [0.2, 0.25) is 0 Å². The van der Waals surface area contributed by atoms with E-state index in [0.717, 1.165) is 11.8 Å². The molecular formula is C12H18. The van der Waals surface area contributed by atoms with Crippen LogP contribution in [0.5, 0.6) is 0 Å². The fourth-order valence-electron chi connectivity index (χ4n) is 2.56. The molecule has 0 fully saturated rings. The molecule has 0 saturated carbocycles. The largest absolute Gasteiger partial charge is 0.0850 e. The second kappa shape index (κ2) is 3.08. The lowest BCUT2D eigenvalue weighted by Crippen LogP contribution is -2.20. The third-order valence-corrected chi connectivity index (χ3v) is 3.34. The standard InChI is InChI=1S/C12H18/c1-9-3-5-12-8-10(2)4-6-11(12)7-9/h3,8,11-12H,4-7H2,1-2H3. The Balaban J connectivity index is 2.15. The van der Waals surface area contributed by atoms with Crippen LogP contribution in [-0.4, -0.2) is 0 Å². The van der Waals surface area contributed by atoms with Crippen LogP contribution in [0, 0.1) is 11.8 Å². The molecule has 2 aliphatic carbocycles. The fourth-order valence-corrected chi connectivity index (χ4v) is 2.56. The highest BCUT2D eigenvalue weighted by Crippen LogP contribution is 2.38. The van der Waals surface area contributed by atoms with Gasteiger partial charge in [0.1, 0.15) is 0 Å². The molecule has 66 valence electrons. The van der Waals surface area contributed by atoms with E-state index in [0.29, 0.717) is 0 Å². The predicted molar refractivity (Wildman–Crippen MR) is 53.0 cm³/mol. The molecule has 0 saturated heterocycles. The molecule has 0 aliphatic heterocycles. The number of rotatable bonds is 0. The lowest BCUT2D eigenvalue weighted by Gasteiger charge is -2.32. The Morgan fingerprint density at radius 2 is 2.08 bits per heavy atom. The van der Waals surface area contributed by atoms with Crippen LogP contribution in [0.4, 0.5) is 0 Å². The smallest absolute Gasteiger partial charge is 0.0165 e. The molecule has 0 heteroatoms. The van der Waals surface area contributed by atoms with Crippen molar-refractivity contribution in [3.05, 3.63) is 23.3 Å². The summed E-state index contributed by atoms with van der Waals surface area (Å²) in [6, 6.07) is 0. The maximum Gasteiger partial charge on any atom is -0.0165 e. The van der Waals surface area contributed by atoms with Crippen molar-refractivity contribution in [3.8, 4) is 0 Å². The van der Waals surface area contributed by atoms with Crippen LogP contribution in [0.15, 0.2) is 23.3 Å². The number of allylic oxidation sites excluding steroid dienone is 4. The van der Waals surface area contributed by atoms with Gasteiger partial charge in [-0.25, -0.2) is 0 Å². The zero-order valence-corrected chi connectivity index (χ0v) is 8.14. The summed E-state index contributed by atoms with van der Waals surface area (Å²) >= 11 is 0. The lowest BCUT2D eigenvalue weighted by atomic mass is 9.73. The molecule has 0 N–H and O–H groups in total. The van der Waals surface area contributed by atoms with Crippen LogP contribution in [-0.2, 0) is 0 Å². The molecule has 0 aromatic heterocycles. The van der Waals surface area contributed by atoms with E-state index in [1.54, 1.807) is 11.1 Å². The van der Waals surface area contributed by atoms with Crippen LogP contribution >= 0.6 is 0 Å². The van der Waals surface area contributed by atoms with E-state index in [4.69, 9.17) is 0 Å². The van der Waals surface area contributed by atoms with E-state index >= 15 is 0 Å². The highest BCUT2D eigenvalue weighted by Gasteiger charge is 2.25. The highest BCUT2D eigenvalue weighted by molar-refractivity contribution is 5.15. The summed E-state index contributed by atoms with van der Waals surface area (Å²) < 4.78 is 0. The van der Waals surface area contributed by atoms with Gasteiger partial charge in [-0.15, -0.1) is 0 Å². The normalized spacial score (nSPS) is 35.2. The summed E-state index contributed by atoms with van der Waals surface area (Å²) in [7, 11) is 0. The molecule has 0 aromatic carbocycles. The van der Waals surface area contributed by atoms with E-state index in [9.17, 15) is 0 Å². The van der Waals surface area contributed by atoms with Gasteiger partial charge in [0, 0.05) is 0 Å². The molecule has 0 nitrogen and oxygen atoms in total. The van der Waals surface area contributed by atoms with E-state index in [1.165, 1.54) is 25.7 Å². The Kier molecular flexibility index (Phi) is 2.08. The number of hydrogen-bond donors (Lipinski definition) is 0. The van der Waals surface area contributed by atoms with Crippen molar-refractivity contribution in [1.82, 2.24) is 0 Å². The first kappa shape index (κ1) is 8.10. The van der Waals surface area contributed by atoms with Gasteiger partial charge in [0.15, 0.2) is 0 Å². The molecule has 12 heavy (non-hydrogen) atoms. The maximum absolute atomic E-state index is 2.51. The Labute approximate surface area is 75.4 Å². The quantitative estimate of drug-likeness (QED) is 0.476. The Bertz CT molecular complexity index is 232. The number of hydrogen-bond acceptors (Lipinski definition) is 0. The van der Waals surface area contributed by atoms with E-state index in [-0.39, 0.29) is 0 Å². The second-order valence-electron chi connectivity index (χ2n) is 4.47. The van der Waals surface area contributed by atoms with Crippen molar-refractivity contribution in [2.45, 2.75) is 39.5 Å². The first-order valence-electron chi connectivity index (χ1n) is 5.08. The summed E-state index contributed by atoms with van der Waals surface area (Å²) in [6.45, 7) is 4.56. The topological polar surface area (TPSA) is 0 Å². The minimum Gasteiger partial charge on any atom is -0.0850 e. The van der Waals surface area contributed by atoms with Crippen LogP contribution in [0.1, 0.15) is 39.5 Å². The molecule has 0 aromatic rings. The van der Waals surface area contributed by atoms with Gasteiger partial charge in [0.05, 0.1) is 0 Å². The minimum atomic E-state index is 0.877. The first-order valence-corrected chi connectivity index (χ1v) is 5.08. The average Bonchev–Trinajstić information content (AvgIpc) is 2.05. The van der Waals surface area contributed by atoms with Crippen molar-refractivity contribution in [1.29, 1.82) is 0 Å². The Morgan fingerprint density at radius 1 is 1.25 bits per heavy atom. The van der Waals surface area contributed by atoms with Gasteiger partial charge in [-0.3, -0.25) is 0 Å². The molecule has 0 radical (unpaired) electrons. The molecule has 2 unspecified atom stereocenters. The van der Waals surface area contributed by atoms with Gasteiger partial charge in [-0.05, 0) is 51.4 Å². The van der Waals surface area contributed by atoms with Crippen molar-refractivity contribution in [2.75, 3.05) is 0 Å². The first-order chi connectivity index (χ1) is 5.75. The lowest BCUT2D eigenvalue weighted by molar-refractivity contribution is 0.333. The van der Waals surface area contributed by atoms with Crippen LogP contribution in [0.25, 0.3) is 0 Å². The average molecular weight is 162 g/mol. The van der Waals surface area contributed by atoms with E-state index < -0.39 is 0 Å². The molecule has 0 bridgehead atoms. The third kappa shape index (κ3) is 1.48. The minimum absolute atomic E-state index is 0.877. The zero-order valence-electron chi connectivity index (χ0n) is 8.14. The summed E-state index contributed by atoms with van der Waals surface area (Å²) in [5.41, 5.74) is 3.23. The molecule has 0 spiro atoms. The van der Waals surface area contributed by atoms with Gasteiger partial charge in [-0.1, -0.05) is 23.3 Å². The summed E-state index contributed by atoms with van der Waals surface area (Å²) in [5.74, 6) is 1.85. The van der Waals surface area contributed by atoms with Gasteiger partial charge >= 0.3 is 0 Å². The molecule has 2 rings (SSSR count). The second-order valence-corrected chi connectivity index (χ2v) is 4.47. The van der Waals surface area contributed by atoms with Crippen molar-refractivity contribution < 1.29 is 0 Å². The highest BCUT2D eigenvalue weighted by atomic mass is 14.3. The van der Waals surface area contributed by atoms with Crippen molar-refractivity contribution >= 4 is 0 Å². The maximum atomic E-state index is 2.51. The van der Waals surface area contributed by atoms with E-state index in [1.807, 2.05) is 0 Å². The fraction of sp³-hybridized carbons (Fsp3) is 0.667. The van der Waals surface area contributed by atoms with Crippen molar-refractivity contribution in [2.24, 2.45) is 11.8 Å². The van der Waals surface area contributed by atoms with Gasteiger partial charge in [-0.2, -0.15) is 0 Å². The SMILES string of the molecule is CC1=CC2CC=C(C)CC2CC1. The van der Waals surface area contributed by atoms with Crippen LogP contribution in [0.2, 0.25) is 0 Å².